The quantitative estimate of drug-likeness (QED) is 0.536. The van der Waals surface area contributed by atoms with Gasteiger partial charge in [-0.3, -0.25) is 10.1 Å². The molecule has 0 amide bonds. The summed E-state index contributed by atoms with van der Waals surface area (Å²) in [6.45, 7) is 0. The highest BCUT2D eigenvalue weighted by molar-refractivity contribution is 6.32. The maximum absolute atomic E-state index is 11.2. The Morgan fingerprint density at radius 1 is 1.04 bits per heavy atom. The molecule has 27 heavy (non-hydrogen) atoms. The molecule has 3 rings (SSSR count). The number of nitrogens with two attached hydrogens (primary N) is 1. The van der Waals surface area contributed by atoms with Gasteiger partial charge in [-0.1, -0.05) is 29.8 Å². The van der Waals surface area contributed by atoms with Crippen molar-refractivity contribution in [3.63, 3.8) is 0 Å². The molecule has 0 bridgehead atoms. The van der Waals surface area contributed by atoms with Gasteiger partial charge in [-0.2, -0.15) is 10.5 Å². The summed E-state index contributed by atoms with van der Waals surface area (Å²) in [6.07, 6.45) is 0. The molecule has 0 radical (unpaired) electrons. The van der Waals surface area contributed by atoms with Crippen LogP contribution in [0, 0.1) is 32.8 Å². The second-order valence-electron chi connectivity index (χ2n) is 5.54. The van der Waals surface area contributed by atoms with Gasteiger partial charge in [0.05, 0.1) is 22.2 Å². The largest absolute Gasteiger partial charge is 0.383 e. The highest BCUT2D eigenvalue weighted by Gasteiger charge is 2.18. The van der Waals surface area contributed by atoms with E-state index in [0.29, 0.717) is 27.9 Å². The lowest BCUT2D eigenvalue weighted by molar-refractivity contribution is -0.384. The van der Waals surface area contributed by atoms with Crippen molar-refractivity contribution in [2.75, 3.05) is 5.73 Å². The normalized spacial score (nSPS) is 10.0. The number of anilines is 1. The summed E-state index contributed by atoms with van der Waals surface area (Å²) in [5.74, 6) is 0.00645. The van der Waals surface area contributed by atoms with Gasteiger partial charge >= 0.3 is 0 Å². The Morgan fingerprint density at radius 2 is 1.70 bits per heavy atom. The van der Waals surface area contributed by atoms with Gasteiger partial charge in [0.25, 0.3) is 5.69 Å². The van der Waals surface area contributed by atoms with Gasteiger partial charge in [0.15, 0.2) is 0 Å². The van der Waals surface area contributed by atoms with Crippen molar-refractivity contribution in [1.82, 2.24) is 4.98 Å². The minimum absolute atomic E-state index is 0.00315. The summed E-state index contributed by atoms with van der Waals surface area (Å²) in [5, 5.41) is 29.5. The number of benzene rings is 2. The Morgan fingerprint density at radius 3 is 2.30 bits per heavy atom. The zero-order valence-electron chi connectivity index (χ0n) is 13.7. The molecule has 0 aliphatic carbocycles. The van der Waals surface area contributed by atoms with Gasteiger partial charge in [0.2, 0.25) is 0 Å². The minimum Gasteiger partial charge on any atom is -0.383 e. The number of nitriles is 2. The molecule has 130 valence electrons. The number of nitro benzene ring substituents is 1. The summed E-state index contributed by atoms with van der Waals surface area (Å²) < 4.78 is 0. The van der Waals surface area contributed by atoms with E-state index >= 15 is 0 Å². The molecule has 0 fully saturated rings. The summed E-state index contributed by atoms with van der Waals surface area (Å²) in [7, 11) is 0. The van der Waals surface area contributed by atoms with E-state index in [1.165, 1.54) is 12.1 Å². The molecule has 1 heterocycles. The van der Waals surface area contributed by atoms with Crippen LogP contribution in [0.15, 0.2) is 48.5 Å². The fourth-order valence-electron chi connectivity index (χ4n) is 2.59. The van der Waals surface area contributed by atoms with E-state index in [2.05, 4.69) is 4.98 Å². The SMILES string of the molecule is N#Cc1ccc(-c2cc(-c3ccc(Cl)c([N+](=O)[O-])c3)c(C#N)c(N)n2)cc1. The molecule has 0 atom stereocenters. The molecule has 2 N–H and O–H groups in total. The van der Waals surface area contributed by atoms with E-state index in [1.807, 2.05) is 12.1 Å². The van der Waals surface area contributed by atoms with Crippen molar-refractivity contribution in [3.8, 4) is 34.5 Å². The summed E-state index contributed by atoms with van der Waals surface area (Å²) in [4.78, 5) is 14.8. The molecule has 0 saturated heterocycles. The van der Waals surface area contributed by atoms with Crippen LogP contribution in [0.25, 0.3) is 22.4 Å². The first-order valence-corrected chi connectivity index (χ1v) is 7.98. The third kappa shape index (κ3) is 3.40. The fraction of sp³-hybridized carbons (Fsp3) is 0. The number of hydrogen-bond donors (Lipinski definition) is 1. The van der Waals surface area contributed by atoms with E-state index in [-0.39, 0.29) is 22.1 Å². The van der Waals surface area contributed by atoms with Crippen LogP contribution in [0.4, 0.5) is 11.5 Å². The third-order valence-electron chi connectivity index (χ3n) is 3.92. The number of aromatic nitrogens is 1. The lowest BCUT2D eigenvalue weighted by Gasteiger charge is -2.10. The van der Waals surface area contributed by atoms with Crippen LogP contribution in [0.2, 0.25) is 5.02 Å². The lowest BCUT2D eigenvalue weighted by atomic mass is 9.98. The molecule has 8 heteroatoms. The Kier molecular flexibility index (Phi) is 4.71. The molecule has 1 aromatic heterocycles. The van der Waals surface area contributed by atoms with E-state index in [4.69, 9.17) is 22.6 Å². The average Bonchev–Trinajstić information content (AvgIpc) is 2.67. The Bertz CT molecular complexity index is 1140. The first-order chi connectivity index (χ1) is 12.9. The number of rotatable bonds is 3. The van der Waals surface area contributed by atoms with Crippen molar-refractivity contribution in [1.29, 1.82) is 10.5 Å². The molecule has 7 nitrogen and oxygen atoms in total. The van der Waals surface area contributed by atoms with Crippen molar-refractivity contribution < 1.29 is 4.92 Å². The standard InChI is InChI=1S/C19H10ClN5O2/c20-16-6-5-13(7-18(16)25(26)27)14-8-17(24-19(23)15(14)10-22)12-3-1-11(9-21)2-4-12/h1-8H,(H2,23,24). The monoisotopic (exact) mass is 375 g/mol. The lowest BCUT2D eigenvalue weighted by Crippen LogP contribution is -2.00. The van der Waals surface area contributed by atoms with Crippen LogP contribution >= 0.6 is 11.6 Å². The maximum Gasteiger partial charge on any atom is 0.288 e. The number of nitrogens with zero attached hydrogens (tertiary/aromatic N) is 4. The summed E-state index contributed by atoms with van der Waals surface area (Å²) in [6, 6.07) is 16.6. The van der Waals surface area contributed by atoms with Crippen LogP contribution in [0.1, 0.15) is 11.1 Å². The molecule has 0 aliphatic rings. The highest BCUT2D eigenvalue weighted by Crippen LogP contribution is 2.35. The van der Waals surface area contributed by atoms with Gasteiger partial charge in [-0.15, -0.1) is 0 Å². The number of nitro groups is 1. The second-order valence-corrected chi connectivity index (χ2v) is 5.95. The zero-order valence-corrected chi connectivity index (χ0v) is 14.4. The third-order valence-corrected chi connectivity index (χ3v) is 4.24. The summed E-state index contributed by atoms with van der Waals surface area (Å²) in [5.41, 5.74) is 8.28. The first kappa shape index (κ1) is 17.9. The molecule has 2 aromatic carbocycles. The van der Waals surface area contributed by atoms with Gasteiger partial charge in [-0.25, -0.2) is 4.98 Å². The fourth-order valence-corrected chi connectivity index (χ4v) is 2.78. The first-order valence-electron chi connectivity index (χ1n) is 7.60. The Labute approximate surface area is 159 Å². The van der Waals surface area contributed by atoms with Crippen LogP contribution in [-0.4, -0.2) is 9.91 Å². The molecule has 0 saturated carbocycles. The van der Waals surface area contributed by atoms with Crippen LogP contribution in [0.3, 0.4) is 0 Å². The summed E-state index contributed by atoms with van der Waals surface area (Å²) >= 11 is 5.87. The Hall–Kier alpha value is -3.94. The van der Waals surface area contributed by atoms with E-state index in [0.717, 1.165) is 0 Å². The number of hydrogen-bond acceptors (Lipinski definition) is 6. The van der Waals surface area contributed by atoms with E-state index < -0.39 is 4.92 Å². The predicted molar refractivity (Wildman–Crippen MR) is 101 cm³/mol. The molecular weight excluding hydrogens is 366 g/mol. The second kappa shape index (κ2) is 7.12. The molecule has 0 spiro atoms. The molecule has 0 unspecified atom stereocenters. The zero-order chi connectivity index (χ0) is 19.6. The number of halogens is 1. The Balaban J connectivity index is 2.22. The number of pyridine rings is 1. The van der Waals surface area contributed by atoms with Crippen LogP contribution in [0.5, 0.6) is 0 Å². The smallest absolute Gasteiger partial charge is 0.288 e. The topological polar surface area (TPSA) is 130 Å². The van der Waals surface area contributed by atoms with E-state index in [1.54, 1.807) is 36.4 Å². The minimum atomic E-state index is -0.593. The molecular formula is C19H10ClN5O2. The van der Waals surface area contributed by atoms with Gasteiger partial charge in [0, 0.05) is 17.2 Å². The van der Waals surface area contributed by atoms with Crippen LogP contribution in [-0.2, 0) is 0 Å². The van der Waals surface area contributed by atoms with Crippen molar-refractivity contribution in [3.05, 3.63) is 74.8 Å². The van der Waals surface area contributed by atoms with Crippen molar-refractivity contribution in [2.45, 2.75) is 0 Å². The van der Waals surface area contributed by atoms with Crippen molar-refractivity contribution >= 4 is 23.1 Å². The predicted octanol–water partition coefficient (Wildman–Crippen LogP) is 4.30. The van der Waals surface area contributed by atoms with Gasteiger partial charge < -0.3 is 5.73 Å². The van der Waals surface area contributed by atoms with Gasteiger partial charge in [0.1, 0.15) is 22.5 Å². The van der Waals surface area contributed by atoms with E-state index in [9.17, 15) is 15.4 Å². The molecule has 3 aromatic rings. The average molecular weight is 376 g/mol. The number of nitrogen functional groups attached to an aromatic ring is 1. The highest BCUT2D eigenvalue weighted by atomic mass is 35.5. The molecule has 0 aliphatic heterocycles. The maximum atomic E-state index is 11.2. The van der Waals surface area contributed by atoms with Gasteiger partial charge in [-0.05, 0) is 29.8 Å². The van der Waals surface area contributed by atoms with Crippen LogP contribution < -0.4 is 5.73 Å². The van der Waals surface area contributed by atoms with Crippen molar-refractivity contribution in [2.24, 2.45) is 0 Å².